The molecule has 184 valence electrons. The first-order chi connectivity index (χ1) is 15.6. The van der Waals surface area contributed by atoms with Crippen LogP contribution < -0.4 is 14.8 Å². The van der Waals surface area contributed by atoms with E-state index in [9.17, 15) is 30.3 Å². The van der Waals surface area contributed by atoms with Crippen molar-refractivity contribution in [3.05, 3.63) is 28.8 Å². The average Bonchev–Trinajstić information content (AvgIpc) is 2.74. The monoisotopic (exact) mass is 488 g/mol. The van der Waals surface area contributed by atoms with Crippen LogP contribution in [0.5, 0.6) is 11.5 Å². The normalized spacial score (nSPS) is 29.2. The Bertz CT molecular complexity index is 880. The molecule has 3 rings (SSSR count). The number of carbonyl (C=O) groups is 1. The molecule has 6 atom stereocenters. The minimum atomic E-state index is -1.62. The molecule has 1 aromatic carbocycles. The lowest BCUT2D eigenvalue weighted by Gasteiger charge is -2.39. The van der Waals surface area contributed by atoms with Gasteiger partial charge in [-0.05, 0) is 31.8 Å². The third kappa shape index (κ3) is 6.14. The molecule has 0 aliphatic carbocycles. The number of aliphatic hydroxyl groups is 5. The second-order valence-electron chi connectivity index (χ2n) is 8.12. The summed E-state index contributed by atoms with van der Waals surface area (Å²) in [5, 5.41) is 52.3. The summed E-state index contributed by atoms with van der Waals surface area (Å²) in [4.78, 5) is 14.3. The summed E-state index contributed by atoms with van der Waals surface area (Å²) in [5.41, 5.74) is 0.988. The zero-order valence-electron chi connectivity index (χ0n) is 18.2. The smallest absolute Gasteiger partial charge is 0.229 e. The summed E-state index contributed by atoms with van der Waals surface area (Å²) in [6, 6.07) is 2.85. The van der Waals surface area contributed by atoms with E-state index in [1.165, 1.54) is 18.2 Å². The molecule has 0 spiro atoms. The van der Waals surface area contributed by atoms with Crippen molar-refractivity contribution in [2.24, 2.45) is 0 Å². The summed E-state index contributed by atoms with van der Waals surface area (Å²) in [6.07, 6.45) is -7.27. The Kier molecular flexibility index (Phi) is 8.54. The molecule has 0 aromatic heterocycles. The van der Waals surface area contributed by atoms with Gasteiger partial charge in [0.05, 0.1) is 18.1 Å². The summed E-state index contributed by atoms with van der Waals surface area (Å²) in [5.74, 6) is -0.0466. The van der Waals surface area contributed by atoms with Crippen LogP contribution in [0.3, 0.4) is 0 Å². The third-order valence-electron chi connectivity index (χ3n) is 5.30. The van der Waals surface area contributed by atoms with Crippen LogP contribution in [0.2, 0.25) is 5.02 Å². The van der Waals surface area contributed by atoms with Crippen molar-refractivity contribution in [1.29, 1.82) is 0 Å². The summed E-state index contributed by atoms with van der Waals surface area (Å²) < 4.78 is 16.3. The van der Waals surface area contributed by atoms with Crippen LogP contribution in [0, 0.1) is 0 Å². The highest BCUT2D eigenvalue weighted by Crippen LogP contribution is 2.41. The number of fused-ring (bicyclic) bond motifs is 1. The maximum atomic E-state index is 12.3. The predicted molar refractivity (Wildman–Crippen MR) is 117 cm³/mol. The van der Waals surface area contributed by atoms with Gasteiger partial charge in [0, 0.05) is 24.7 Å². The lowest BCUT2D eigenvalue weighted by Crippen LogP contribution is -2.60. The molecule has 0 saturated carbocycles. The second-order valence-corrected chi connectivity index (χ2v) is 8.53. The van der Waals surface area contributed by atoms with E-state index >= 15 is 0 Å². The molecule has 11 nitrogen and oxygen atoms in total. The Labute approximate surface area is 195 Å². The van der Waals surface area contributed by atoms with Crippen molar-refractivity contribution >= 4 is 23.1 Å². The maximum Gasteiger partial charge on any atom is 0.229 e. The zero-order valence-corrected chi connectivity index (χ0v) is 19.0. The minimum absolute atomic E-state index is 0.00336. The molecular formula is C21H29ClN2O9. The molecule has 4 unspecified atom stereocenters. The first kappa shape index (κ1) is 25.7. The van der Waals surface area contributed by atoms with E-state index in [0.29, 0.717) is 24.2 Å². The third-order valence-corrected chi connectivity index (χ3v) is 5.59. The van der Waals surface area contributed by atoms with Gasteiger partial charge < -0.3 is 50.0 Å². The number of ether oxygens (including phenoxy) is 3. The lowest BCUT2D eigenvalue weighted by molar-refractivity contribution is -0.277. The summed E-state index contributed by atoms with van der Waals surface area (Å²) in [6.45, 7) is 0.540. The van der Waals surface area contributed by atoms with E-state index in [-0.39, 0.29) is 28.8 Å². The number of amides is 1. The van der Waals surface area contributed by atoms with Crippen molar-refractivity contribution in [2.45, 2.75) is 43.4 Å². The quantitative estimate of drug-likeness (QED) is 0.259. The molecule has 2 heterocycles. The Balaban J connectivity index is 1.76. The van der Waals surface area contributed by atoms with E-state index in [1.807, 2.05) is 19.0 Å². The number of halogens is 1. The van der Waals surface area contributed by atoms with Crippen molar-refractivity contribution in [1.82, 2.24) is 10.2 Å². The van der Waals surface area contributed by atoms with Crippen molar-refractivity contribution in [3.63, 3.8) is 0 Å². The Morgan fingerprint density at radius 1 is 1.18 bits per heavy atom. The first-order valence-corrected chi connectivity index (χ1v) is 10.8. The van der Waals surface area contributed by atoms with Crippen LogP contribution in [0.15, 0.2) is 18.2 Å². The van der Waals surface area contributed by atoms with Crippen molar-refractivity contribution in [3.8, 4) is 11.5 Å². The SMILES string of the molecule is CN(C)CCNC(=O)CC1=CC(O)Oc2cc(O[C@@H]3OC(CO)[C@@H](O)C(O)C3O)c(Cl)cc21. The fraction of sp³-hybridized carbons (Fsp3) is 0.571. The fourth-order valence-electron chi connectivity index (χ4n) is 3.50. The molecule has 2 aliphatic heterocycles. The predicted octanol–water partition coefficient (Wildman–Crippen LogP) is -1.32. The van der Waals surface area contributed by atoms with E-state index in [0.717, 1.165) is 0 Å². The van der Waals surface area contributed by atoms with Crippen molar-refractivity contribution < 1.29 is 44.5 Å². The summed E-state index contributed by atoms with van der Waals surface area (Å²) in [7, 11) is 3.79. The van der Waals surface area contributed by atoms with E-state index < -0.39 is 43.6 Å². The maximum absolute atomic E-state index is 12.3. The van der Waals surface area contributed by atoms with Gasteiger partial charge in [0.25, 0.3) is 0 Å². The Morgan fingerprint density at radius 3 is 2.58 bits per heavy atom. The molecule has 12 heteroatoms. The number of rotatable bonds is 8. The number of nitrogens with zero attached hydrogens (tertiary/aromatic N) is 1. The van der Waals surface area contributed by atoms with E-state index in [2.05, 4.69) is 5.32 Å². The van der Waals surface area contributed by atoms with Gasteiger partial charge >= 0.3 is 0 Å². The number of carbonyl (C=O) groups excluding carboxylic acids is 1. The van der Waals surface area contributed by atoms with Gasteiger partial charge in [-0.1, -0.05) is 11.6 Å². The number of benzene rings is 1. The molecule has 1 fully saturated rings. The molecule has 1 aromatic rings. The standard InChI is InChI=1S/C21H29ClN2O9/c1-24(2)4-3-23-16(26)5-10-6-17(27)31-13-8-14(12(22)7-11(10)13)32-21-20(30)19(29)18(28)15(9-25)33-21/h6-8,15,17-21,25,27-30H,3-5,9H2,1-2H3,(H,23,26)/t15?,17?,18-,19?,20?,21-/m1/s1. The highest BCUT2D eigenvalue weighted by Gasteiger charge is 2.45. The Hall–Kier alpha value is -1.96. The fourth-order valence-corrected chi connectivity index (χ4v) is 3.71. The highest BCUT2D eigenvalue weighted by molar-refractivity contribution is 6.32. The van der Waals surface area contributed by atoms with Gasteiger partial charge in [-0.15, -0.1) is 0 Å². The number of hydrogen-bond acceptors (Lipinski definition) is 10. The van der Waals surface area contributed by atoms with Crippen LogP contribution in [0.25, 0.3) is 5.57 Å². The molecule has 6 N–H and O–H groups in total. The van der Waals surface area contributed by atoms with E-state index in [1.54, 1.807) is 0 Å². The summed E-state index contributed by atoms with van der Waals surface area (Å²) >= 11 is 6.35. The highest BCUT2D eigenvalue weighted by atomic mass is 35.5. The lowest BCUT2D eigenvalue weighted by atomic mass is 9.98. The number of aliphatic hydroxyl groups excluding tert-OH is 5. The van der Waals surface area contributed by atoms with Crippen LogP contribution in [0.4, 0.5) is 0 Å². The number of nitrogens with one attached hydrogen (secondary N) is 1. The van der Waals surface area contributed by atoms with Crippen LogP contribution >= 0.6 is 11.6 Å². The van der Waals surface area contributed by atoms with Gasteiger partial charge in [0.15, 0.2) is 0 Å². The van der Waals surface area contributed by atoms with Gasteiger partial charge in [-0.3, -0.25) is 4.79 Å². The zero-order chi connectivity index (χ0) is 24.3. The Morgan fingerprint density at radius 2 is 1.91 bits per heavy atom. The van der Waals surface area contributed by atoms with Crippen LogP contribution in [0.1, 0.15) is 12.0 Å². The van der Waals surface area contributed by atoms with Crippen molar-refractivity contribution in [2.75, 3.05) is 33.8 Å². The molecule has 0 radical (unpaired) electrons. The molecule has 33 heavy (non-hydrogen) atoms. The van der Waals surface area contributed by atoms with Crippen LogP contribution in [-0.2, 0) is 9.53 Å². The van der Waals surface area contributed by atoms with Gasteiger partial charge in [-0.25, -0.2) is 0 Å². The van der Waals surface area contributed by atoms with Gasteiger partial charge in [0.1, 0.15) is 35.9 Å². The number of likely N-dealkylation sites (N-methyl/N-ethyl adjacent to an activating group) is 1. The molecule has 0 bridgehead atoms. The topological polar surface area (TPSA) is 161 Å². The molecule has 2 aliphatic rings. The number of hydrogen-bond donors (Lipinski definition) is 6. The van der Waals surface area contributed by atoms with Crippen LogP contribution in [-0.4, -0.2) is 107 Å². The molecular weight excluding hydrogens is 460 g/mol. The molecule has 1 amide bonds. The van der Waals surface area contributed by atoms with E-state index in [4.69, 9.17) is 25.8 Å². The molecule has 1 saturated heterocycles. The second kappa shape index (κ2) is 11.0. The van der Waals surface area contributed by atoms with Gasteiger partial charge in [-0.2, -0.15) is 0 Å². The largest absolute Gasteiger partial charge is 0.461 e. The van der Waals surface area contributed by atoms with Gasteiger partial charge in [0.2, 0.25) is 18.5 Å². The minimum Gasteiger partial charge on any atom is -0.461 e. The first-order valence-electron chi connectivity index (χ1n) is 10.4. The average molecular weight is 489 g/mol.